The number of sulfonamides is 1. The van der Waals surface area contributed by atoms with Gasteiger partial charge < -0.3 is 5.32 Å². The molecular formula is C13H22N2O2S2. The number of hydrogen-bond donors (Lipinski definition) is 2. The van der Waals surface area contributed by atoms with Gasteiger partial charge in [-0.1, -0.05) is 19.8 Å². The molecule has 1 saturated carbocycles. The minimum Gasteiger partial charge on any atom is -0.312 e. The van der Waals surface area contributed by atoms with Gasteiger partial charge >= 0.3 is 0 Å². The summed E-state index contributed by atoms with van der Waals surface area (Å²) in [7, 11) is -3.33. The van der Waals surface area contributed by atoms with Gasteiger partial charge in [-0.3, -0.25) is 0 Å². The third kappa shape index (κ3) is 4.27. The summed E-state index contributed by atoms with van der Waals surface area (Å²) in [6, 6.07) is 1.79. The molecule has 0 unspecified atom stereocenters. The van der Waals surface area contributed by atoms with Gasteiger partial charge in [0.2, 0.25) is 10.0 Å². The minimum absolute atomic E-state index is 0.446. The maximum absolute atomic E-state index is 12.2. The fraction of sp³-hybridized carbons (Fsp3) is 0.692. The standard InChI is InChI=1S/C13H22N2O2S2/c1-3-14-9-12-8-13(10(2)18-12)19(16,17)15-7-6-11-4-5-11/h8,11,14-15H,3-7,9H2,1-2H3. The quantitative estimate of drug-likeness (QED) is 0.774. The Labute approximate surface area is 119 Å². The van der Waals surface area contributed by atoms with E-state index in [1.165, 1.54) is 12.8 Å². The van der Waals surface area contributed by atoms with E-state index < -0.39 is 10.0 Å². The van der Waals surface area contributed by atoms with Crippen molar-refractivity contribution < 1.29 is 8.42 Å². The van der Waals surface area contributed by atoms with E-state index in [0.29, 0.717) is 11.4 Å². The van der Waals surface area contributed by atoms with E-state index in [4.69, 9.17) is 0 Å². The maximum atomic E-state index is 12.2. The van der Waals surface area contributed by atoms with Gasteiger partial charge in [0.1, 0.15) is 0 Å². The highest BCUT2D eigenvalue weighted by Gasteiger charge is 2.23. The van der Waals surface area contributed by atoms with Gasteiger partial charge in [-0.15, -0.1) is 11.3 Å². The first-order valence-corrected chi connectivity index (χ1v) is 9.12. The van der Waals surface area contributed by atoms with Gasteiger partial charge in [0.05, 0.1) is 4.90 Å². The number of rotatable bonds is 8. The topological polar surface area (TPSA) is 58.2 Å². The van der Waals surface area contributed by atoms with Gasteiger partial charge in [-0.05, 0) is 31.9 Å². The molecule has 0 atom stereocenters. The fourth-order valence-corrected chi connectivity index (χ4v) is 4.66. The molecule has 0 aromatic carbocycles. The summed E-state index contributed by atoms with van der Waals surface area (Å²) in [6.45, 7) is 6.09. The summed E-state index contributed by atoms with van der Waals surface area (Å²) in [5, 5.41) is 3.22. The maximum Gasteiger partial charge on any atom is 0.241 e. The van der Waals surface area contributed by atoms with E-state index in [2.05, 4.69) is 10.0 Å². The van der Waals surface area contributed by atoms with Crippen molar-refractivity contribution in [3.63, 3.8) is 0 Å². The second-order valence-corrected chi connectivity index (χ2v) is 8.12. The summed E-state index contributed by atoms with van der Waals surface area (Å²) >= 11 is 1.55. The SMILES string of the molecule is CCNCc1cc(S(=O)(=O)NCCC2CC2)c(C)s1. The highest BCUT2D eigenvalue weighted by molar-refractivity contribution is 7.89. The molecule has 19 heavy (non-hydrogen) atoms. The molecule has 2 rings (SSSR count). The van der Waals surface area contributed by atoms with Crippen molar-refractivity contribution in [3.05, 3.63) is 15.8 Å². The number of aryl methyl sites for hydroxylation is 1. The molecule has 2 N–H and O–H groups in total. The molecule has 0 spiro atoms. The van der Waals surface area contributed by atoms with E-state index in [1.54, 1.807) is 17.4 Å². The Hall–Kier alpha value is -0.430. The molecule has 0 bridgehead atoms. The molecule has 1 aromatic heterocycles. The van der Waals surface area contributed by atoms with Gasteiger partial charge in [-0.2, -0.15) is 0 Å². The Morgan fingerprint density at radius 2 is 2.16 bits per heavy atom. The average molecular weight is 302 g/mol. The third-order valence-electron chi connectivity index (χ3n) is 3.30. The predicted molar refractivity (Wildman–Crippen MR) is 79.0 cm³/mol. The van der Waals surface area contributed by atoms with Gasteiger partial charge in [-0.25, -0.2) is 13.1 Å². The second kappa shape index (κ2) is 6.35. The first kappa shape index (κ1) is 15.0. The third-order valence-corrected chi connectivity index (χ3v) is 6.07. The Kier molecular flexibility index (Phi) is 5.00. The zero-order valence-electron chi connectivity index (χ0n) is 11.5. The van der Waals surface area contributed by atoms with Gasteiger partial charge in [0.15, 0.2) is 0 Å². The zero-order chi connectivity index (χ0) is 13.9. The van der Waals surface area contributed by atoms with E-state index >= 15 is 0 Å². The first-order valence-electron chi connectivity index (χ1n) is 6.82. The molecule has 1 heterocycles. The van der Waals surface area contributed by atoms with Crippen LogP contribution in [0.1, 0.15) is 35.9 Å². The summed E-state index contributed by atoms with van der Waals surface area (Å²) in [5.74, 6) is 0.746. The largest absolute Gasteiger partial charge is 0.312 e. The van der Waals surface area contributed by atoms with Crippen LogP contribution in [0.5, 0.6) is 0 Å². The molecular weight excluding hydrogens is 280 g/mol. The molecule has 1 aliphatic rings. The molecule has 0 amide bonds. The molecule has 6 heteroatoms. The highest BCUT2D eigenvalue weighted by Crippen LogP contribution is 2.32. The van der Waals surface area contributed by atoms with Crippen molar-refractivity contribution in [3.8, 4) is 0 Å². The number of nitrogens with one attached hydrogen (secondary N) is 2. The lowest BCUT2D eigenvalue weighted by molar-refractivity contribution is 0.575. The lowest BCUT2D eigenvalue weighted by Crippen LogP contribution is -2.25. The van der Waals surface area contributed by atoms with Crippen molar-refractivity contribution in [1.82, 2.24) is 10.0 Å². The Morgan fingerprint density at radius 1 is 1.42 bits per heavy atom. The highest BCUT2D eigenvalue weighted by atomic mass is 32.2. The average Bonchev–Trinajstić information content (AvgIpc) is 3.08. The molecule has 1 aromatic rings. The summed E-state index contributed by atoms with van der Waals surface area (Å²) < 4.78 is 27.1. The van der Waals surface area contributed by atoms with Crippen molar-refractivity contribution in [1.29, 1.82) is 0 Å². The van der Waals surface area contributed by atoms with Crippen LogP contribution >= 0.6 is 11.3 Å². The predicted octanol–water partition coefficient (Wildman–Crippen LogP) is 2.24. The van der Waals surface area contributed by atoms with Crippen LogP contribution in [-0.4, -0.2) is 21.5 Å². The summed E-state index contributed by atoms with van der Waals surface area (Å²) in [5.41, 5.74) is 0. The van der Waals surface area contributed by atoms with Crippen LogP contribution in [0.25, 0.3) is 0 Å². The van der Waals surface area contributed by atoms with Gasteiger partial charge in [0.25, 0.3) is 0 Å². The molecule has 1 fully saturated rings. The summed E-state index contributed by atoms with van der Waals surface area (Å²) in [4.78, 5) is 2.38. The minimum atomic E-state index is -3.33. The van der Waals surface area contributed by atoms with Crippen LogP contribution in [-0.2, 0) is 16.6 Å². The van der Waals surface area contributed by atoms with Crippen molar-refractivity contribution in [2.45, 2.75) is 44.6 Å². The van der Waals surface area contributed by atoms with Crippen LogP contribution in [0, 0.1) is 12.8 Å². The van der Waals surface area contributed by atoms with Crippen molar-refractivity contribution in [2.75, 3.05) is 13.1 Å². The number of hydrogen-bond acceptors (Lipinski definition) is 4. The van der Waals surface area contributed by atoms with E-state index in [9.17, 15) is 8.42 Å². The normalized spacial score (nSPS) is 15.9. The summed E-state index contributed by atoms with van der Waals surface area (Å²) in [6.07, 6.45) is 3.48. The smallest absolute Gasteiger partial charge is 0.241 e. The van der Waals surface area contributed by atoms with E-state index in [-0.39, 0.29) is 0 Å². The van der Waals surface area contributed by atoms with Crippen LogP contribution in [0.3, 0.4) is 0 Å². The van der Waals surface area contributed by atoms with Crippen LogP contribution in [0.4, 0.5) is 0 Å². The second-order valence-electron chi connectivity index (χ2n) is 5.04. The van der Waals surface area contributed by atoms with Crippen LogP contribution in [0.2, 0.25) is 0 Å². The Balaban J connectivity index is 1.99. The Bertz CT molecular complexity index is 519. The monoisotopic (exact) mass is 302 g/mol. The zero-order valence-corrected chi connectivity index (χ0v) is 13.2. The molecule has 0 saturated heterocycles. The lowest BCUT2D eigenvalue weighted by Gasteiger charge is -2.05. The van der Waals surface area contributed by atoms with Crippen LogP contribution < -0.4 is 10.0 Å². The lowest BCUT2D eigenvalue weighted by atomic mass is 10.3. The molecule has 0 radical (unpaired) electrons. The van der Waals surface area contributed by atoms with Crippen molar-refractivity contribution >= 4 is 21.4 Å². The van der Waals surface area contributed by atoms with E-state index in [0.717, 1.165) is 35.2 Å². The van der Waals surface area contributed by atoms with Crippen molar-refractivity contribution in [2.24, 2.45) is 5.92 Å². The molecule has 4 nitrogen and oxygen atoms in total. The molecule has 0 aliphatic heterocycles. The van der Waals surface area contributed by atoms with Gasteiger partial charge in [0, 0.05) is 22.8 Å². The Morgan fingerprint density at radius 3 is 2.79 bits per heavy atom. The van der Waals surface area contributed by atoms with Crippen LogP contribution in [0.15, 0.2) is 11.0 Å². The molecule has 108 valence electrons. The van der Waals surface area contributed by atoms with E-state index in [1.807, 2.05) is 13.8 Å². The number of thiophene rings is 1. The first-order chi connectivity index (χ1) is 9.03. The molecule has 1 aliphatic carbocycles. The fourth-order valence-electron chi connectivity index (χ4n) is 2.01.